The van der Waals surface area contributed by atoms with E-state index in [1.807, 2.05) is 0 Å². The summed E-state index contributed by atoms with van der Waals surface area (Å²) in [5.41, 5.74) is -0.994. The number of carboxylic acid groups (broad SMARTS) is 1. The molecule has 0 aliphatic heterocycles. The van der Waals surface area contributed by atoms with Gasteiger partial charge < -0.3 is 15.0 Å². The zero-order valence-corrected chi connectivity index (χ0v) is 15.8. The zero-order chi connectivity index (χ0) is 19.9. The number of fused-ring (bicyclic) bond motifs is 1. The highest BCUT2D eigenvalue weighted by atomic mass is 35.5. The molecule has 1 aliphatic rings. The average molecular weight is 395 g/mol. The molecule has 2 aromatic rings. The van der Waals surface area contributed by atoms with Gasteiger partial charge in [0.15, 0.2) is 0 Å². The van der Waals surface area contributed by atoms with Crippen LogP contribution >= 0.6 is 11.6 Å². The highest BCUT2D eigenvalue weighted by molar-refractivity contribution is 6.31. The van der Waals surface area contributed by atoms with Crippen molar-refractivity contribution in [2.75, 3.05) is 0 Å². The number of nitrogens with zero attached hydrogens (tertiary/aromatic N) is 1. The van der Waals surface area contributed by atoms with E-state index >= 15 is 0 Å². The minimum Gasteiger partial charge on any atom is -0.481 e. The van der Waals surface area contributed by atoms with Crippen LogP contribution in [-0.4, -0.2) is 27.1 Å². The highest BCUT2D eigenvalue weighted by Gasteiger charge is 2.29. The van der Waals surface area contributed by atoms with E-state index in [1.54, 1.807) is 18.4 Å². The second kappa shape index (κ2) is 6.96. The molecule has 3 rings (SSSR count). The van der Waals surface area contributed by atoms with Crippen molar-refractivity contribution in [3.05, 3.63) is 45.0 Å². The third kappa shape index (κ3) is 4.13. The Labute approximate surface area is 159 Å². The Morgan fingerprint density at radius 3 is 2.63 bits per heavy atom. The van der Waals surface area contributed by atoms with Crippen molar-refractivity contribution in [3.8, 4) is 0 Å². The Hall–Kier alpha value is -2.41. The summed E-state index contributed by atoms with van der Waals surface area (Å²) in [6, 6.07) is 2.61. The topological polar surface area (TPSA) is 88.4 Å². The van der Waals surface area contributed by atoms with Crippen molar-refractivity contribution < 1.29 is 19.1 Å². The van der Waals surface area contributed by atoms with Crippen molar-refractivity contribution in [3.63, 3.8) is 0 Å². The summed E-state index contributed by atoms with van der Waals surface area (Å²) >= 11 is 5.87. The number of benzene rings is 1. The SMILES string of the molecule is CC(C)(CCC(=O)O)NC(=O)c1cn(C2CC2)c2cc(Cl)c(F)cc2c1=O. The molecule has 1 saturated carbocycles. The maximum Gasteiger partial charge on any atom is 0.303 e. The van der Waals surface area contributed by atoms with Gasteiger partial charge in [-0.05, 0) is 45.2 Å². The van der Waals surface area contributed by atoms with Crippen LogP contribution in [0.15, 0.2) is 23.1 Å². The van der Waals surface area contributed by atoms with Crippen molar-refractivity contribution in [2.24, 2.45) is 0 Å². The Balaban J connectivity index is 2.02. The molecule has 0 spiro atoms. The molecular weight excluding hydrogens is 375 g/mol. The van der Waals surface area contributed by atoms with Crippen LogP contribution in [0.25, 0.3) is 10.9 Å². The van der Waals surface area contributed by atoms with Crippen LogP contribution in [0.4, 0.5) is 4.39 Å². The molecule has 1 heterocycles. The van der Waals surface area contributed by atoms with E-state index in [-0.39, 0.29) is 34.9 Å². The fourth-order valence-corrected chi connectivity index (χ4v) is 3.18. The van der Waals surface area contributed by atoms with E-state index in [9.17, 15) is 18.8 Å². The molecule has 1 aromatic carbocycles. The quantitative estimate of drug-likeness (QED) is 0.784. The number of carbonyl (C=O) groups is 2. The summed E-state index contributed by atoms with van der Waals surface area (Å²) in [6.07, 6.45) is 3.39. The lowest BCUT2D eigenvalue weighted by atomic mass is 9.97. The molecule has 1 aromatic heterocycles. The van der Waals surface area contributed by atoms with E-state index in [1.165, 1.54) is 12.3 Å². The van der Waals surface area contributed by atoms with Crippen LogP contribution in [0.5, 0.6) is 0 Å². The number of rotatable bonds is 6. The number of nitrogens with one attached hydrogen (secondary N) is 1. The molecule has 0 atom stereocenters. The van der Waals surface area contributed by atoms with Gasteiger partial charge in [0.1, 0.15) is 11.4 Å². The Kier molecular flexibility index (Phi) is 4.99. The van der Waals surface area contributed by atoms with Crippen LogP contribution in [0.1, 0.15) is 55.9 Å². The van der Waals surface area contributed by atoms with Gasteiger partial charge in [0, 0.05) is 29.6 Å². The lowest BCUT2D eigenvalue weighted by Gasteiger charge is -2.26. The molecule has 1 amide bonds. The number of carbonyl (C=O) groups excluding carboxylic acids is 1. The Morgan fingerprint density at radius 1 is 1.37 bits per heavy atom. The lowest BCUT2D eigenvalue weighted by Crippen LogP contribution is -2.45. The molecular formula is C19H20ClFN2O4. The standard InChI is InChI=1S/C19H20ClFN2O4/c1-19(2,6-5-16(24)25)22-18(27)12-9-23(10-3-4-10)15-8-13(20)14(21)7-11(15)17(12)26/h7-10H,3-6H2,1-2H3,(H,22,27)(H,24,25). The summed E-state index contributed by atoms with van der Waals surface area (Å²) in [5, 5.41) is 11.6. The fraction of sp³-hybridized carbons (Fsp3) is 0.421. The number of pyridine rings is 1. The third-order valence-electron chi connectivity index (χ3n) is 4.67. The van der Waals surface area contributed by atoms with Crippen molar-refractivity contribution in [1.82, 2.24) is 9.88 Å². The minimum absolute atomic E-state index is 0.0803. The van der Waals surface area contributed by atoms with Gasteiger partial charge in [-0.2, -0.15) is 0 Å². The molecule has 0 radical (unpaired) electrons. The number of aromatic nitrogens is 1. The second-order valence-corrected chi connectivity index (χ2v) is 7.93. The summed E-state index contributed by atoms with van der Waals surface area (Å²) in [7, 11) is 0. The maximum atomic E-state index is 13.9. The summed E-state index contributed by atoms with van der Waals surface area (Å²) in [4.78, 5) is 36.3. The van der Waals surface area contributed by atoms with Crippen LogP contribution < -0.4 is 10.7 Å². The first kappa shape index (κ1) is 19.4. The van der Waals surface area contributed by atoms with E-state index < -0.39 is 28.7 Å². The van der Waals surface area contributed by atoms with Gasteiger partial charge in [-0.15, -0.1) is 0 Å². The van der Waals surface area contributed by atoms with Crippen molar-refractivity contribution in [2.45, 2.75) is 51.1 Å². The Morgan fingerprint density at radius 2 is 2.04 bits per heavy atom. The summed E-state index contributed by atoms with van der Waals surface area (Å²) in [6.45, 7) is 3.38. The third-order valence-corrected chi connectivity index (χ3v) is 4.96. The largest absolute Gasteiger partial charge is 0.481 e. The van der Waals surface area contributed by atoms with Crippen molar-refractivity contribution in [1.29, 1.82) is 0 Å². The van der Waals surface area contributed by atoms with Crippen LogP contribution in [0.3, 0.4) is 0 Å². The predicted octanol–water partition coefficient (Wildman–Crippen LogP) is 3.50. The van der Waals surface area contributed by atoms with Gasteiger partial charge >= 0.3 is 5.97 Å². The molecule has 0 unspecified atom stereocenters. The van der Waals surface area contributed by atoms with E-state index in [4.69, 9.17) is 16.7 Å². The predicted molar refractivity (Wildman–Crippen MR) is 99.9 cm³/mol. The number of hydrogen-bond acceptors (Lipinski definition) is 3. The smallest absolute Gasteiger partial charge is 0.303 e. The maximum absolute atomic E-state index is 13.9. The monoisotopic (exact) mass is 394 g/mol. The number of amides is 1. The minimum atomic E-state index is -0.966. The van der Waals surface area contributed by atoms with Gasteiger partial charge in [0.2, 0.25) is 5.43 Å². The first-order valence-corrected chi connectivity index (χ1v) is 9.05. The van der Waals surface area contributed by atoms with E-state index in [0.29, 0.717) is 5.52 Å². The number of hydrogen-bond donors (Lipinski definition) is 2. The van der Waals surface area contributed by atoms with Crippen LogP contribution in [-0.2, 0) is 4.79 Å². The molecule has 6 nitrogen and oxygen atoms in total. The van der Waals surface area contributed by atoms with Gasteiger partial charge in [0.25, 0.3) is 5.91 Å². The molecule has 0 bridgehead atoms. The molecule has 0 saturated heterocycles. The zero-order valence-electron chi connectivity index (χ0n) is 15.0. The lowest BCUT2D eigenvalue weighted by molar-refractivity contribution is -0.137. The number of halogens is 2. The summed E-state index contributed by atoms with van der Waals surface area (Å²) in [5.74, 6) is -2.29. The second-order valence-electron chi connectivity index (χ2n) is 7.53. The molecule has 2 N–H and O–H groups in total. The molecule has 1 aliphatic carbocycles. The van der Waals surface area contributed by atoms with E-state index in [0.717, 1.165) is 18.9 Å². The van der Waals surface area contributed by atoms with Gasteiger partial charge in [-0.3, -0.25) is 14.4 Å². The van der Waals surface area contributed by atoms with Crippen LogP contribution in [0, 0.1) is 5.82 Å². The highest BCUT2D eigenvalue weighted by Crippen LogP contribution is 2.37. The van der Waals surface area contributed by atoms with Gasteiger partial charge in [-0.1, -0.05) is 11.6 Å². The molecule has 27 heavy (non-hydrogen) atoms. The van der Waals surface area contributed by atoms with Crippen LogP contribution in [0.2, 0.25) is 5.02 Å². The number of aliphatic carboxylic acids is 1. The van der Waals surface area contributed by atoms with Gasteiger partial charge in [-0.25, -0.2) is 4.39 Å². The normalized spacial score (nSPS) is 14.4. The van der Waals surface area contributed by atoms with E-state index in [2.05, 4.69) is 5.32 Å². The van der Waals surface area contributed by atoms with Gasteiger partial charge in [0.05, 0.1) is 10.5 Å². The molecule has 144 valence electrons. The molecule has 8 heteroatoms. The van der Waals surface area contributed by atoms with Crippen molar-refractivity contribution >= 4 is 34.4 Å². The molecule has 1 fully saturated rings. The number of carboxylic acids is 1. The Bertz CT molecular complexity index is 995. The summed E-state index contributed by atoms with van der Waals surface area (Å²) < 4.78 is 15.7. The average Bonchev–Trinajstić information content (AvgIpc) is 3.40. The first-order valence-electron chi connectivity index (χ1n) is 8.67. The fourth-order valence-electron chi connectivity index (χ4n) is 3.02. The first-order chi connectivity index (χ1) is 12.6.